The summed E-state index contributed by atoms with van der Waals surface area (Å²) >= 11 is 1.35. The van der Waals surface area contributed by atoms with Gasteiger partial charge in [0.2, 0.25) is 5.91 Å². The van der Waals surface area contributed by atoms with Gasteiger partial charge in [-0.2, -0.15) is 0 Å². The van der Waals surface area contributed by atoms with Gasteiger partial charge in [0.25, 0.3) is 0 Å². The van der Waals surface area contributed by atoms with Crippen LogP contribution in [0.1, 0.15) is 29.8 Å². The molecule has 0 radical (unpaired) electrons. The standard InChI is InChI=1S/C14H17N3OS/c1-9-5-3-4-6-12(9)10(2)16-13(18)7-11-8-19-14(15)17-11/h3-6,8,10H,7H2,1-2H3,(H2,15,17)(H,16,18). The highest BCUT2D eigenvalue weighted by atomic mass is 32.1. The van der Waals surface area contributed by atoms with Gasteiger partial charge in [0.05, 0.1) is 18.2 Å². The summed E-state index contributed by atoms with van der Waals surface area (Å²) in [6, 6.07) is 8.03. The summed E-state index contributed by atoms with van der Waals surface area (Å²) in [6.07, 6.45) is 0.268. The molecule has 2 aromatic rings. The third-order valence-corrected chi connectivity index (χ3v) is 3.67. The van der Waals surface area contributed by atoms with Gasteiger partial charge < -0.3 is 11.1 Å². The molecule has 1 aromatic carbocycles. The third kappa shape index (κ3) is 3.54. The van der Waals surface area contributed by atoms with Crippen molar-refractivity contribution in [3.8, 4) is 0 Å². The predicted octanol–water partition coefficient (Wildman–Crippen LogP) is 2.45. The fraction of sp³-hybridized carbons (Fsp3) is 0.286. The SMILES string of the molecule is Cc1ccccc1C(C)NC(=O)Cc1csc(N)n1. The Morgan fingerprint density at radius 1 is 1.47 bits per heavy atom. The summed E-state index contributed by atoms with van der Waals surface area (Å²) in [5.74, 6) is -0.0407. The number of nitrogens with two attached hydrogens (primary N) is 1. The summed E-state index contributed by atoms with van der Waals surface area (Å²) < 4.78 is 0. The molecule has 1 amide bonds. The summed E-state index contributed by atoms with van der Waals surface area (Å²) in [7, 11) is 0. The zero-order valence-electron chi connectivity index (χ0n) is 11.0. The van der Waals surface area contributed by atoms with E-state index in [4.69, 9.17) is 5.73 Å². The number of hydrogen-bond acceptors (Lipinski definition) is 4. The first-order valence-electron chi connectivity index (χ1n) is 6.11. The summed E-state index contributed by atoms with van der Waals surface area (Å²) in [6.45, 7) is 4.02. The third-order valence-electron chi connectivity index (χ3n) is 2.94. The van der Waals surface area contributed by atoms with Crippen LogP contribution in [0.2, 0.25) is 0 Å². The Morgan fingerprint density at radius 3 is 2.84 bits per heavy atom. The molecule has 19 heavy (non-hydrogen) atoms. The number of hydrogen-bond donors (Lipinski definition) is 2. The van der Waals surface area contributed by atoms with E-state index in [9.17, 15) is 4.79 Å². The number of thiazole rings is 1. The largest absolute Gasteiger partial charge is 0.375 e. The van der Waals surface area contributed by atoms with E-state index in [1.54, 1.807) is 0 Å². The van der Waals surface area contributed by atoms with E-state index >= 15 is 0 Å². The van der Waals surface area contributed by atoms with Gasteiger partial charge in [-0.25, -0.2) is 4.98 Å². The normalized spacial score (nSPS) is 12.1. The quantitative estimate of drug-likeness (QED) is 0.900. The van der Waals surface area contributed by atoms with Gasteiger partial charge in [-0.15, -0.1) is 11.3 Å². The number of aromatic nitrogens is 1. The molecule has 0 saturated heterocycles. The second-order valence-electron chi connectivity index (χ2n) is 4.50. The Bertz CT molecular complexity index is 580. The van der Waals surface area contributed by atoms with Crippen molar-refractivity contribution < 1.29 is 4.79 Å². The zero-order chi connectivity index (χ0) is 13.8. The van der Waals surface area contributed by atoms with Gasteiger partial charge in [0.1, 0.15) is 0 Å². The number of nitrogens with zero attached hydrogens (tertiary/aromatic N) is 1. The minimum atomic E-state index is -0.0407. The van der Waals surface area contributed by atoms with Crippen molar-refractivity contribution in [1.82, 2.24) is 10.3 Å². The number of nitrogen functional groups attached to an aromatic ring is 1. The highest BCUT2D eigenvalue weighted by molar-refractivity contribution is 7.13. The molecule has 100 valence electrons. The number of nitrogens with one attached hydrogen (secondary N) is 1. The maximum Gasteiger partial charge on any atom is 0.226 e. The van der Waals surface area contributed by atoms with Crippen molar-refractivity contribution in [2.75, 3.05) is 5.73 Å². The Hall–Kier alpha value is -1.88. The van der Waals surface area contributed by atoms with E-state index < -0.39 is 0 Å². The van der Waals surface area contributed by atoms with Crippen LogP contribution in [0.3, 0.4) is 0 Å². The Kier molecular flexibility index (Phi) is 4.16. The smallest absolute Gasteiger partial charge is 0.226 e. The molecule has 0 fully saturated rings. The molecule has 0 bridgehead atoms. The van der Waals surface area contributed by atoms with Crippen LogP contribution in [0.5, 0.6) is 0 Å². The molecule has 0 saturated carbocycles. The highest BCUT2D eigenvalue weighted by Gasteiger charge is 2.12. The van der Waals surface area contributed by atoms with Gasteiger partial charge in [-0.05, 0) is 25.0 Å². The van der Waals surface area contributed by atoms with Crippen molar-refractivity contribution in [1.29, 1.82) is 0 Å². The fourth-order valence-electron chi connectivity index (χ4n) is 2.01. The number of amides is 1. The lowest BCUT2D eigenvalue weighted by atomic mass is 10.0. The van der Waals surface area contributed by atoms with Crippen molar-refractivity contribution in [2.45, 2.75) is 26.3 Å². The number of anilines is 1. The molecule has 1 unspecified atom stereocenters. The molecule has 1 heterocycles. The first-order valence-corrected chi connectivity index (χ1v) is 6.99. The molecular weight excluding hydrogens is 258 g/mol. The highest BCUT2D eigenvalue weighted by Crippen LogP contribution is 2.17. The van der Waals surface area contributed by atoms with E-state index in [0.29, 0.717) is 5.13 Å². The molecule has 2 rings (SSSR count). The summed E-state index contributed by atoms with van der Waals surface area (Å²) in [5.41, 5.74) is 8.57. The maximum atomic E-state index is 11.9. The molecule has 3 N–H and O–H groups in total. The summed E-state index contributed by atoms with van der Waals surface area (Å²) in [4.78, 5) is 16.0. The van der Waals surface area contributed by atoms with E-state index in [-0.39, 0.29) is 18.4 Å². The van der Waals surface area contributed by atoms with Gasteiger partial charge in [0, 0.05) is 5.38 Å². The molecule has 0 aliphatic heterocycles. The number of carbonyl (C=O) groups excluding carboxylic acids is 1. The van der Waals surface area contributed by atoms with Crippen molar-refractivity contribution >= 4 is 22.4 Å². The first kappa shape index (κ1) is 13.5. The van der Waals surface area contributed by atoms with E-state index in [1.165, 1.54) is 16.9 Å². The Morgan fingerprint density at radius 2 is 2.21 bits per heavy atom. The van der Waals surface area contributed by atoms with E-state index in [2.05, 4.69) is 10.3 Å². The monoisotopic (exact) mass is 275 g/mol. The molecule has 0 spiro atoms. The van der Waals surface area contributed by atoms with Gasteiger partial charge in [0.15, 0.2) is 5.13 Å². The van der Waals surface area contributed by atoms with Gasteiger partial charge in [-0.1, -0.05) is 24.3 Å². The lowest BCUT2D eigenvalue weighted by molar-refractivity contribution is -0.121. The van der Waals surface area contributed by atoms with E-state index in [1.807, 2.05) is 43.5 Å². The molecule has 0 aliphatic carbocycles. The van der Waals surface area contributed by atoms with Gasteiger partial charge >= 0.3 is 0 Å². The fourth-order valence-corrected chi connectivity index (χ4v) is 2.57. The second kappa shape index (κ2) is 5.84. The number of carbonyl (C=O) groups is 1. The Balaban J connectivity index is 1.97. The zero-order valence-corrected chi connectivity index (χ0v) is 11.8. The topological polar surface area (TPSA) is 68.0 Å². The van der Waals surface area contributed by atoms with Crippen LogP contribution in [0.25, 0.3) is 0 Å². The van der Waals surface area contributed by atoms with Crippen LogP contribution in [-0.4, -0.2) is 10.9 Å². The molecule has 5 heteroatoms. The molecule has 1 aromatic heterocycles. The van der Waals surface area contributed by atoms with Crippen LogP contribution in [-0.2, 0) is 11.2 Å². The minimum Gasteiger partial charge on any atom is -0.375 e. The molecular formula is C14H17N3OS. The van der Waals surface area contributed by atoms with Crippen LogP contribution in [0, 0.1) is 6.92 Å². The van der Waals surface area contributed by atoms with Gasteiger partial charge in [-0.3, -0.25) is 4.79 Å². The second-order valence-corrected chi connectivity index (χ2v) is 5.39. The molecule has 1 atom stereocenters. The number of aryl methyl sites for hydroxylation is 1. The van der Waals surface area contributed by atoms with Crippen LogP contribution in [0.15, 0.2) is 29.6 Å². The van der Waals surface area contributed by atoms with Crippen molar-refractivity contribution in [3.05, 3.63) is 46.5 Å². The number of benzene rings is 1. The lowest BCUT2D eigenvalue weighted by Gasteiger charge is -2.16. The molecule has 0 aliphatic rings. The summed E-state index contributed by atoms with van der Waals surface area (Å²) in [5, 5.41) is 5.29. The number of rotatable bonds is 4. The minimum absolute atomic E-state index is 0.00955. The predicted molar refractivity (Wildman–Crippen MR) is 78.0 cm³/mol. The lowest BCUT2D eigenvalue weighted by Crippen LogP contribution is -2.28. The van der Waals surface area contributed by atoms with E-state index in [0.717, 1.165) is 11.3 Å². The van der Waals surface area contributed by atoms with Crippen molar-refractivity contribution in [3.63, 3.8) is 0 Å². The van der Waals surface area contributed by atoms with Crippen LogP contribution >= 0.6 is 11.3 Å². The average molecular weight is 275 g/mol. The van der Waals surface area contributed by atoms with Crippen LogP contribution in [0.4, 0.5) is 5.13 Å². The molecule has 4 nitrogen and oxygen atoms in total. The maximum absolute atomic E-state index is 11.9. The first-order chi connectivity index (χ1) is 9.06. The van der Waals surface area contributed by atoms with Crippen molar-refractivity contribution in [2.24, 2.45) is 0 Å². The Labute approximate surface area is 116 Å². The van der Waals surface area contributed by atoms with Crippen LogP contribution < -0.4 is 11.1 Å². The average Bonchev–Trinajstić information content (AvgIpc) is 2.74.